The molecule has 1 heterocycles. The summed E-state index contributed by atoms with van der Waals surface area (Å²) in [5.74, 6) is -0.213. The van der Waals surface area contributed by atoms with Crippen LogP contribution in [0.1, 0.15) is 32.6 Å². The van der Waals surface area contributed by atoms with E-state index in [-0.39, 0.29) is 10.6 Å². The molecule has 118 valence electrons. The molecule has 1 aliphatic heterocycles. The summed E-state index contributed by atoms with van der Waals surface area (Å²) in [6.45, 7) is 4.63. The Balaban J connectivity index is 1.81. The minimum absolute atomic E-state index is 0.0589. The number of nitrogens with zero attached hydrogens (tertiary/aromatic N) is 1. The minimum Gasteiger partial charge on any atom is -0.507 e. The van der Waals surface area contributed by atoms with Crippen LogP contribution >= 0.6 is 0 Å². The molecule has 0 saturated carbocycles. The molecule has 1 atom stereocenters. The van der Waals surface area contributed by atoms with E-state index in [2.05, 4.69) is 16.5 Å². The van der Waals surface area contributed by atoms with Crippen LogP contribution in [-0.4, -0.2) is 44.1 Å². The van der Waals surface area contributed by atoms with Crippen molar-refractivity contribution >= 4 is 10.0 Å². The van der Waals surface area contributed by atoms with Crippen molar-refractivity contribution in [1.29, 1.82) is 0 Å². The number of sulfonamides is 1. The van der Waals surface area contributed by atoms with E-state index in [1.165, 1.54) is 31.4 Å². The van der Waals surface area contributed by atoms with Gasteiger partial charge in [0.2, 0.25) is 10.0 Å². The molecule has 5 nitrogen and oxygen atoms in total. The zero-order valence-corrected chi connectivity index (χ0v) is 13.3. The van der Waals surface area contributed by atoms with E-state index < -0.39 is 10.0 Å². The molecular weight excluding hydrogens is 288 g/mol. The Kier molecular flexibility index (Phi) is 5.61. The lowest BCUT2D eigenvalue weighted by Gasteiger charge is -2.33. The fourth-order valence-corrected chi connectivity index (χ4v) is 3.91. The Hall–Kier alpha value is -1.11. The average molecular weight is 312 g/mol. The van der Waals surface area contributed by atoms with E-state index in [9.17, 15) is 13.5 Å². The largest absolute Gasteiger partial charge is 0.507 e. The zero-order chi connectivity index (χ0) is 15.3. The van der Waals surface area contributed by atoms with E-state index in [0.29, 0.717) is 12.6 Å². The highest BCUT2D eigenvalue weighted by atomic mass is 32.2. The normalized spacial score (nSPS) is 20.5. The molecule has 0 radical (unpaired) electrons. The van der Waals surface area contributed by atoms with Crippen LogP contribution in [-0.2, 0) is 10.0 Å². The quantitative estimate of drug-likeness (QED) is 0.788. The Morgan fingerprint density at radius 2 is 2.10 bits per heavy atom. The Morgan fingerprint density at radius 1 is 1.33 bits per heavy atom. The summed E-state index contributed by atoms with van der Waals surface area (Å²) in [4.78, 5) is 2.36. The Labute approximate surface area is 127 Å². The van der Waals surface area contributed by atoms with Crippen molar-refractivity contribution in [3.63, 3.8) is 0 Å². The molecule has 2 rings (SSSR count). The maximum Gasteiger partial charge on any atom is 0.244 e. The number of phenolic OH excluding ortho intramolecular Hbond substituents is 1. The molecule has 1 fully saturated rings. The first kappa shape index (κ1) is 16.3. The molecule has 0 amide bonds. The van der Waals surface area contributed by atoms with E-state index >= 15 is 0 Å². The third-order valence-electron chi connectivity index (χ3n) is 4.01. The maximum absolute atomic E-state index is 12.1. The van der Waals surface area contributed by atoms with E-state index in [1.807, 2.05) is 0 Å². The summed E-state index contributed by atoms with van der Waals surface area (Å²) in [6.07, 6.45) is 4.52. The van der Waals surface area contributed by atoms with Gasteiger partial charge in [-0.1, -0.05) is 18.6 Å². The van der Waals surface area contributed by atoms with Gasteiger partial charge in [-0.2, -0.15) is 0 Å². The van der Waals surface area contributed by atoms with Gasteiger partial charge in [0, 0.05) is 12.6 Å². The number of likely N-dealkylation sites (tertiary alicyclic amines) is 1. The molecule has 21 heavy (non-hydrogen) atoms. The lowest BCUT2D eigenvalue weighted by molar-refractivity contribution is 0.159. The lowest BCUT2D eigenvalue weighted by Crippen LogP contribution is -2.39. The van der Waals surface area contributed by atoms with Gasteiger partial charge in [0.1, 0.15) is 10.6 Å². The summed E-state index contributed by atoms with van der Waals surface area (Å²) < 4.78 is 26.7. The highest BCUT2D eigenvalue weighted by Crippen LogP contribution is 2.21. The Morgan fingerprint density at radius 3 is 2.81 bits per heavy atom. The highest BCUT2D eigenvalue weighted by Gasteiger charge is 2.19. The molecule has 0 aromatic heterocycles. The highest BCUT2D eigenvalue weighted by molar-refractivity contribution is 7.89. The summed E-state index contributed by atoms with van der Waals surface area (Å²) in [5.41, 5.74) is 0. The topological polar surface area (TPSA) is 69.6 Å². The molecule has 1 aromatic carbocycles. The number of aromatic hydroxyl groups is 1. The van der Waals surface area contributed by atoms with Crippen molar-refractivity contribution in [2.45, 2.75) is 43.5 Å². The number of piperidine rings is 1. The first-order valence-corrected chi connectivity index (χ1v) is 9.01. The molecule has 0 bridgehead atoms. The van der Waals surface area contributed by atoms with Crippen molar-refractivity contribution in [1.82, 2.24) is 9.62 Å². The van der Waals surface area contributed by atoms with Gasteiger partial charge in [-0.15, -0.1) is 0 Å². The molecule has 1 aromatic rings. The third kappa shape index (κ3) is 4.43. The van der Waals surface area contributed by atoms with Gasteiger partial charge < -0.3 is 10.0 Å². The van der Waals surface area contributed by atoms with Crippen LogP contribution in [0.4, 0.5) is 0 Å². The minimum atomic E-state index is -3.63. The summed E-state index contributed by atoms with van der Waals surface area (Å²) in [5, 5.41) is 9.61. The fourth-order valence-electron chi connectivity index (χ4n) is 2.74. The molecule has 6 heteroatoms. The van der Waals surface area contributed by atoms with Crippen molar-refractivity contribution < 1.29 is 13.5 Å². The van der Waals surface area contributed by atoms with Crippen molar-refractivity contribution in [2.24, 2.45) is 0 Å². The van der Waals surface area contributed by atoms with Gasteiger partial charge >= 0.3 is 0 Å². The van der Waals surface area contributed by atoms with E-state index in [0.717, 1.165) is 19.5 Å². The second kappa shape index (κ2) is 7.24. The SMILES string of the molecule is CC1CCCCN1CCCNS(=O)(=O)c1ccccc1O. The third-order valence-corrected chi connectivity index (χ3v) is 5.52. The van der Waals surface area contributed by atoms with E-state index in [1.54, 1.807) is 12.1 Å². The zero-order valence-electron chi connectivity index (χ0n) is 12.5. The van der Waals surface area contributed by atoms with Gasteiger partial charge in [-0.25, -0.2) is 13.1 Å². The molecule has 1 aliphatic rings. The number of nitrogens with one attached hydrogen (secondary N) is 1. The van der Waals surface area contributed by atoms with Crippen LogP contribution in [0.2, 0.25) is 0 Å². The van der Waals surface area contributed by atoms with Crippen LogP contribution in [0.3, 0.4) is 0 Å². The first-order chi connectivity index (χ1) is 10.0. The van der Waals surface area contributed by atoms with Crippen LogP contribution in [0.5, 0.6) is 5.75 Å². The van der Waals surface area contributed by atoms with Gasteiger partial charge in [-0.05, 0) is 51.4 Å². The molecule has 1 unspecified atom stereocenters. The summed E-state index contributed by atoms with van der Waals surface area (Å²) >= 11 is 0. The van der Waals surface area contributed by atoms with Gasteiger partial charge in [0.25, 0.3) is 0 Å². The number of phenols is 1. The predicted molar refractivity (Wildman–Crippen MR) is 82.8 cm³/mol. The summed E-state index contributed by atoms with van der Waals surface area (Å²) in [6, 6.07) is 6.58. The van der Waals surface area contributed by atoms with Gasteiger partial charge in [0.05, 0.1) is 0 Å². The Bertz CT molecular complexity index is 560. The average Bonchev–Trinajstić information content (AvgIpc) is 2.45. The number of para-hydroxylation sites is 1. The standard InChI is InChI=1S/C15H24N2O3S/c1-13-7-4-5-11-17(13)12-6-10-16-21(19,20)15-9-3-2-8-14(15)18/h2-3,8-9,13,16,18H,4-7,10-12H2,1H3. The lowest BCUT2D eigenvalue weighted by atomic mass is 10.0. The first-order valence-electron chi connectivity index (χ1n) is 7.52. The fraction of sp³-hybridized carbons (Fsp3) is 0.600. The van der Waals surface area contributed by atoms with E-state index in [4.69, 9.17) is 0 Å². The predicted octanol–water partition coefficient (Wildman–Crippen LogP) is 1.94. The van der Waals surface area contributed by atoms with Crippen LogP contribution in [0.15, 0.2) is 29.2 Å². The van der Waals surface area contributed by atoms with Crippen molar-refractivity contribution in [3.05, 3.63) is 24.3 Å². The van der Waals surface area contributed by atoms with Gasteiger partial charge in [0.15, 0.2) is 0 Å². The van der Waals surface area contributed by atoms with Crippen LogP contribution in [0.25, 0.3) is 0 Å². The molecule has 1 saturated heterocycles. The number of hydrogen-bond acceptors (Lipinski definition) is 4. The molecular formula is C15H24N2O3S. The van der Waals surface area contributed by atoms with Crippen LogP contribution in [0, 0.1) is 0 Å². The second-order valence-corrected chi connectivity index (χ2v) is 7.34. The van der Waals surface area contributed by atoms with Crippen LogP contribution < -0.4 is 4.72 Å². The smallest absolute Gasteiger partial charge is 0.244 e. The molecule has 0 aliphatic carbocycles. The molecule has 0 spiro atoms. The number of benzene rings is 1. The molecule has 2 N–H and O–H groups in total. The summed E-state index contributed by atoms with van der Waals surface area (Å²) in [7, 11) is -3.63. The van der Waals surface area contributed by atoms with Gasteiger partial charge in [-0.3, -0.25) is 0 Å². The van der Waals surface area contributed by atoms with Crippen molar-refractivity contribution in [2.75, 3.05) is 19.6 Å². The van der Waals surface area contributed by atoms with Crippen molar-refractivity contribution in [3.8, 4) is 5.75 Å². The second-order valence-electron chi connectivity index (χ2n) is 5.60. The number of hydrogen-bond donors (Lipinski definition) is 2. The maximum atomic E-state index is 12.1. The monoisotopic (exact) mass is 312 g/mol. The number of rotatable bonds is 6.